The molecular weight excluding hydrogens is 231 g/mol. The molecule has 0 aliphatic heterocycles. The van der Waals surface area contributed by atoms with Gasteiger partial charge < -0.3 is 0 Å². The number of halogens is 2. The van der Waals surface area contributed by atoms with Gasteiger partial charge in [-0.1, -0.05) is 17.7 Å². The standard InChI is InChI=1S/C11H9ClN2.ClH/c12-11-3-1-2-10(14-11)8-9-4-6-13-7-5-9;/h1-7H,8H2;1H. The Bertz CT molecular complexity index is 418. The maximum absolute atomic E-state index is 5.79. The predicted molar refractivity (Wildman–Crippen MR) is 63.5 cm³/mol. The number of aromatic nitrogens is 2. The van der Waals surface area contributed by atoms with Crippen LogP contribution in [0.15, 0.2) is 42.7 Å². The van der Waals surface area contributed by atoms with Crippen LogP contribution in [0.2, 0.25) is 5.15 Å². The monoisotopic (exact) mass is 240 g/mol. The van der Waals surface area contributed by atoms with Crippen molar-refractivity contribution in [2.24, 2.45) is 0 Å². The zero-order valence-corrected chi connectivity index (χ0v) is 9.50. The minimum absolute atomic E-state index is 0. The molecule has 0 fully saturated rings. The van der Waals surface area contributed by atoms with Crippen LogP contribution in [0.25, 0.3) is 0 Å². The van der Waals surface area contributed by atoms with Crippen molar-refractivity contribution in [2.45, 2.75) is 6.42 Å². The highest BCUT2D eigenvalue weighted by Gasteiger charge is 1.97. The summed E-state index contributed by atoms with van der Waals surface area (Å²) < 4.78 is 0. The van der Waals surface area contributed by atoms with Crippen LogP contribution in [0.4, 0.5) is 0 Å². The third-order valence-corrected chi connectivity index (χ3v) is 2.12. The van der Waals surface area contributed by atoms with Crippen molar-refractivity contribution in [1.82, 2.24) is 9.97 Å². The van der Waals surface area contributed by atoms with E-state index >= 15 is 0 Å². The van der Waals surface area contributed by atoms with Crippen LogP contribution in [-0.2, 0) is 6.42 Å². The van der Waals surface area contributed by atoms with Gasteiger partial charge in [-0.05, 0) is 29.8 Å². The Labute approximate surface area is 99.7 Å². The van der Waals surface area contributed by atoms with Crippen LogP contribution < -0.4 is 0 Å². The first kappa shape index (κ1) is 12.0. The summed E-state index contributed by atoms with van der Waals surface area (Å²) in [6.45, 7) is 0. The van der Waals surface area contributed by atoms with E-state index in [1.54, 1.807) is 18.5 Å². The van der Waals surface area contributed by atoms with Crippen LogP contribution >= 0.6 is 24.0 Å². The quantitative estimate of drug-likeness (QED) is 0.755. The Kier molecular flexibility index (Phi) is 4.53. The fraction of sp³-hybridized carbons (Fsp3) is 0.0909. The lowest BCUT2D eigenvalue weighted by molar-refractivity contribution is 1.07. The minimum atomic E-state index is 0. The second-order valence-electron chi connectivity index (χ2n) is 2.98. The molecule has 0 atom stereocenters. The van der Waals surface area contributed by atoms with Crippen LogP contribution in [-0.4, -0.2) is 9.97 Å². The molecule has 2 nitrogen and oxygen atoms in total. The number of pyridine rings is 2. The summed E-state index contributed by atoms with van der Waals surface area (Å²) in [6, 6.07) is 9.60. The normalized spacial score (nSPS) is 9.40. The molecule has 2 rings (SSSR count). The van der Waals surface area contributed by atoms with E-state index < -0.39 is 0 Å². The smallest absolute Gasteiger partial charge is 0.129 e. The van der Waals surface area contributed by atoms with Gasteiger partial charge in [-0.2, -0.15) is 0 Å². The molecule has 2 aromatic heterocycles. The lowest BCUT2D eigenvalue weighted by Gasteiger charge is -2.00. The lowest BCUT2D eigenvalue weighted by atomic mass is 10.1. The van der Waals surface area contributed by atoms with Crippen LogP contribution in [0.1, 0.15) is 11.3 Å². The van der Waals surface area contributed by atoms with E-state index in [1.807, 2.05) is 24.3 Å². The van der Waals surface area contributed by atoms with Gasteiger partial charge in [-0.3, -0.25) is 4.98 Å². The average Bonchev–Trinajstić information content (AvgIpc) is 2.19. The second kappa shape index (κ2) is 5.69. The molecule has 2 aromatic rings. The first-order valence-corrected chi connectivity index (χ1v) is 4.73. The number of rotatable bonds is 2. The van der Waals surface area contributed by atoms with E-state index in [1.165, 1.54) is 5.56 Å². The van der Waals surface area contributed by atoms with Gasteiger partial charge in [-0.25, -0.2) is 4.98 Å². The molecule has 78 valence electrons. The summed E-state index contributed by atoms with van der Waals surface area (Å²) in [7, 11) is 0. The third kappa shape index (κ3) is 3.50. The maximum Gasteiger partial charge on any atom is 0.129 e. The molecular formula is C11H10Cl2N2. The molecule has 0 spiro atoms. The highest BCUT2D eigenvalue weighted by molar-refractivity contribution is 6.29. The molecule has 0 aliphatic carbocycles. The molecule has 0 radical (unpaired) electrons. The summed E-state index contributed by atoms with van der Waals surface area (Å²) in [5, 5.41) is 0.538. The van der Waals surface area contributed by atoms with Crippen molar-refractivity contribution in [1.29, 1.82) is 0 Å². The number of nitrogens with zero attached hydrogens (tertiary/aromatic N) is 2. The van der Waals surface area contributed by atoms with Gasteiger partial charge >= 0.3 is 0 Å². The molecule has 0 saturated heterocycles. The van der Waals surface area contributed by atoms with E-state index in [0.717, 1.165) is 12.1 Å². The molecule has 0 aromatic carbocycles. The zero-order valence-electron chi connectivity index (χ0n) is 7.93. The lowest BCUT2D eigenvalue weighted by Crippen LogP contribution is -1.91. The first-order valence-electron chi connectivity index (χ1n) is 4.35. The van der Waals surface area contributed by atoms with E-state index in [4.69, 9.17) is 11.6 Å². The van der Waals surface area contributed by atoms with Gasteiger partial charge in [0.25, 0.3) is 0 Å². The Balaban J connectivity index is 0.00000112. The van der Waals surface area contributed by atoms with Crippen LogP contribution in [0.3, 0.4) is 0 Å². The second-order valence-corrected chi connectivity index (χ2v) is 3.37. The molecule has 0 amide bonds. The van der Waals surface area contributed by atoms with Gasteiger partial charge in [0.05, 0.1) is 0 Å². The largest absolute Gasteiger partial charge is 0.265 e. The van der Waals surface area contributed by atoms with Crippen molar-refractivity contribution in [3.8, 4) is 0 Å². The molecule has 4 heteroatoms. The maximum atomic E-state index is 5.79. The molecule has 2 heterocycles. The van der Waals surface area contributed by atoms with Crippen molar-refractivity contribution >= 4 is 24.0 Å². The van der Waals surface area contributed by atoms with Crippen molar-refractivity contribution < 1.29 is 0 Å². The molecule has 0 unspecified atom stereocenters. The van der Waals surface area contributed by atoms with Gasteiger partial charge in [0, 0.05) is 24.5 Å². The summed E-state index contributed by atoms with van der Waals surface area (Å²) in [5.41, 5.74) is 2.17. The van der Waals surface area contributed by atoms with Crippen LogP contribution in [0, 0.1) is 0 Å². The van der Waals surface area contributed by atoms with Gasteiger partial charge in [0.1, 0.15) is 5.15 Å². The predicted octanol–water partition coefficient (Wildman–Crippen LogP) is 3.14. The highest BCUT2D eigenvalue weighted by Crippen LogP contribution is 2.09. The Morgan fingerprint density at radius 3 is 2.47 bits per heavy atom. The van der Waals surface area contributed by atoms with Crippen molar-refractivity contribution in [3.05, 3.63) is 59.1 Å². The summed E-state index contributed by atoms with van der Waals surface area (Å²) in [5.74, 6) is 0. The van der Waals surface area contributed by atoms with E-state index in [-0.39, 0.29) is 12.4 Å². The fourth-order valence-electron chi connectivity index (χ4n) is 1.26. The minimum Gasteiger partial charge on any atom is -0.265 e. The molecule has 15 heavy (non-hydrogen) atoms. The molecule has 0 saturated carbocycles. The van der Waals surface area contributed by atoms with E-state index in [9.17, 15) is 0 Å². The molecule has 0 bridgehead atoms. The molecule has 0 aliphatic rings. The fourth-order valence-corrected chi connectivity index (χ4v) is 1.44. The SMILES string of the molecule is Cl.Clc1cccc(Cc2ccncc2)n1. The van der Waals surface area contributed by atoms with Crippen LogP contribution in [0.5, 0.6) is 0 Å². The average molecular weight is 241 g/mol. The van der Waals surface area contributed by atoms with Gasteiger partial charge in [0.2, 0.25) is 0 Å². The summed E-state index contributed by atoms with van der Waals surface area (Å²) in [6.07, 6.45) is 4.35. The van der Waals surface area contributed by atoms with Gasteiger partial charge in [0.15, 0.2) is 0 Å². The van der Waals surface area contributed by atoms with Gasteiger partial charge in [-0.15, -0.1) is 12.4 Å². The Hall–Kier alpha value is -1.12. The highest BCUT2D eigenvalue weighted by atomic mass is 35.5. The van der Waals surface area contributed by atoms with E-state index in [0.29, 0.717) is 5.15 Å². The van der Waals surface area contributed by atoms with Crippen molar-refractivity contribution in [3.63, 3.8) is 0 Å². The number of hydrogen-bond donors (Lipinski definition) is 0. The topological polar surface area (TPSA) is 25.8 Å². The first-order chi connectivity index (χ1) is 6.84. The Morgan fingerprint density at radius 1 is 1.07 bits per heavy atom. The summed E-state index contributed by atoms with van der Waals surface area (Å²) in [4.78, 5) is 8.17. The number of hydrogen-bond acceptors (Lipinski definition) is 2. The van der Waals surface area contributed by atoms with E-state index in [2.05, 4.69) is 9.97 Å². The zero-order chi connectivity index (χ0) is 9.80. The molecule has 0 N–H and O–H groups in total. The van der Waals surface area contributed by atoms with Crippen molar-refractivity contribution in [2.75, 3.05) is 0 Å². The third-order valence-electron chi connectivity index (χ3n) is 1.91. The Morgan fingerprint density at radius 2 is 1.80 bits per heavy atom. The summed E-state index contributed by atoms with van der Waals surface area (Å²) >= 11 is 5.79.